The van der Waals surface area contributed by atoms with Crippen LogP contribution < -0.4 is 0 Å². The Labute approximate surface area is 60.2 Å². The predicted molar refractivity (Wildman–Crippen MR) is 38.9 cm³/mol. The molecule has 0 aliphatic heterocycles. The van der Waals surface area contributed by atoms with Crippen molar-refractivity contribution in [2.75, 3.05) is 20.7 Å². The van der Waals surface area contributed by atoms with Gasteiger partial charge in [-0.2, -0.15) is 0 Å². The normalized spacial score (nSPS) is 10.3. The molecule has 1 N–H and O–H groups in total. The minimum atomic E-state index is -0.295. The second kappa shape index (κ2) is 4.93. The molecule has 0 rings (SSSR count). The maximum Gasteiger partial charge on any atom is 0.249 e. The molecule has 0 aromatic carbocycles. The highest BCUT2D eigenvalue weighted by atomic mass is 16.3. The third-order valence-corrected chi connectivity index (χ3v) is 0.758. The third-order valence-electron chi connectivity index (χ3n) is 0.758. The lowest BCUT2D eigenvalue weighted by Crippen LogP contribution is -2.10. The van der Waals surface area contributed by atoms with E-state index < -0.39 is 0 Å². The van der Waals surface area contributed by atoms with Gasteiger partial charge in [0.1, 0.15) is 0 Å². The second-order valence-corrected chi connectivity index (χ2v) is 2.08. The number of aliphatic hydroxyl groups excluding tert-OH is 1. The van der Waals surface area contributed by atoms with Crippen molar-refractivity contribution in [2.24, 2.45) is 4.99 Å². The largest absolute Gasteiger partial charge is 0.396 e. The highest BCUT2D eigenvalue weighted by molar-refractivity contribution is 5.84. The van der Waals surface area contributed by atoms with Crippen LogP contribution in [0.5, 0.6) is 0 Å². The maximum absolute atomic E-state index is 10.6. The fourth-order valence-corrected chi connectivity index (χ4v) is 0.340. The van der Waals surface area contributed by atoms with Crippen molar-refractivity contribution in [2.45, 2.75) is 6.42 Å². The SMILES string of the molecule is CN(C)C=NC(=O)CCO. The molecule has 58 valence electrons. The van der Waals surface area contributed by atoms with E-state index >= 15 is 0 Å². The average Bonchev–Trinajstić information content (AvgIpc) is 1.85. The summed E-state index contributed by atoms with van der Waals surface area (Å²) in [6.07, 6.45) is 1.52. The minimum absolute atomic E-state index is 0.102. The van der Waals surface area contributed by atoms with Crippen molar-refractivity contribution in [1.82, 2.24) is 4.90 Å². The van der Waals surface area contributed by atoms with Crippen molar-refractivity contribution in [3.05, 3.63) is 0 Å². The molecule has 0 heterocycles. The molecule has 0 radical (unpaired) electrons. The zero-order valence-electron chi connectivity index (χ0n) is 6.24. The van der Waals surface area contributed by atoms with Gasteiger partial charge in [0.05, 0.1) is 19.4 Å². The van der Waals surface area contributed by atoms with Crippen LogP contribution in [-0.4, -0.2) is 43.0 Å². The van der Waals surface area contributed by atoms with Crippen LogP contribution in [0.1, 0.15) is 6.42 Å². The van der Waals surface area contributed by atoms with E-state index in [-0.39, 0.29) is 18.9 Å². The van der Waals surface area contributed by atoms with E-state index in [1.807, 2.05) is 0 Å². The molecule has 0 bridgehead atoms. The molecule has 0 aromatic heterocycles. The molecule has 0 saturated heterocycles. The molecule has 0 aromatic rings. The number of hydrogen-bond acceptors (Lipinski definition) is 2. The molecule has 0 saturated carbocycles. The Hall–Kier alpha value is -0.900. The van der Waals surface area contributed by atoms with Crippen LogP contribution in [0.3, 0.4) is 0 Å². The van der Waals surface area contributed by atoms with Crippen molar-refractivity contribution >= 4 is 12.2 Å². The van der Waals surface area contributed by atoms with Gasteiger partial charge in [-0.25, -0.2) is 4.99 Å². The van der Waals surface area contributed by atoms with E-state index in [0.717, 1.165) is 0 Å². The highest BCUT2D eigenvalue weighted by Crippen LogP contribution is 1.81. The lowest BCUT2D eigenvalue weighted by molar-refractivity contribution is -0.118. The van der Waals surface area contributed by atoms with Gasteiger partial charge in [0.2, 0.25) is 5.91 Å². The molecule has 0 aliphatic rings. The first-order valence-corrected chi connectivity index (χ1v) is 3.01. The summed E-state index contributed by atoms with van der Waals surface area (Å²) in [5.41, 5.74) is 0. The smallest absolute Gasteiger partial charge is 0.249 e. The number of carbonyl (C=O) groups excluding carboxylic acids is 1. The predicted octanol–water partition coefficient (Wildman–Crippen LogP) is -0.515. The number of aliphatic hydroxyl groups is 1. The maximum atomic E-state index is 10.6. The van der Waals surface area contributed by atoms with Crippen LogP contribution in [0.25, 0.3) is 0 Å². The number of nitrogens with zero attached hydrogens (tertiary/aromatic N) is 2. The van der Waals surface area contributed by atoms with E-state index in [1.54, 1.807) is 19.0 Å². The molecular weight excluding hydrogens is 132 g/mol. The third kappa shape index (κ3) is 5.24. The summed E-state index contributed by atoms with van der Waals surface area (Å²) >= 11 is 0. The second-order valence-electron chi connectivity index (χ2n) is 2.08. The van der Waals surface area contributed by atoms with E-state index in [0.29, 0.717) is 0 Å². The highest BCUT2D eigenvalue weighted by Gasteiger charge is 1.93. The fraction of sp³-hybridized carbons (Fsp3) is 0.667. The monoisotopic (exact) mass is 144 g/mol. The molecule has 0 atom stereocenters. The number of rotatable bonds is 3. The summed E-state index contributed by atoms with van der Waals surface area (Å²) in [5.74, 6) is -0.295. The van der Waals surface area contributed by atoms with Gasteiger partial charge in [-0.3, -0.25) is 4.79 Å². The Balaban J connectivity index is 3.56. The molecule has 10 heavy (non-hydrogen) atoms. The van der Waals surface area contributed by atoms with Crippen LogP contribution >= 0.6 is 0 Å². The van der Waals surface area contributed by atoms with Crippen LogP contribution in [0.2, 0.25) is 0 Å². The van der Waals surface area contributed by atoms with Gasteiger partial charge in [0, 0.05) is 14.1 Å². The molecule has 1 amide bonds. The van der Waals surface area contributed by atoms with E-state index in [2.05, 4.69) is 4.99 Å². The van der Waals surface area contributed by atoms with Crippen molar-refractivity contribution in [1.29, 1.82) is 0 Å². The summed E-state index contributed by atoms with van der Waals surface area (Å²) in [4.78, 5) is 15.7. The Kier molecular flexibility index (Phi) is 4.49. The number of hydrogen-bond donors (Lipinski definition) is 1. The quantitative estimate of drug-likeness (QED) is 0.428. The van der Waals surface area contributed by atoms with Crippen LogP contribution in [0, 0.1) is 0 Å². The van der Waals surface area contributed by atoms with Crippen LogP contribution in [0.15, 0.2) is 4.99 Å². The first-order chi connectivity index (χ1) is 4.66. The Morgan fingerprint density at radius 1 is 1.70 bits per heavy atom. The molecule has 4 heteroatoms. The number of carbonyl (C=O) groups is 1. The van der Waals surface area contributed by atoms with E-state index in [4.69, 9.17) is 5.11 Å². The van der Waals surface area contributed by atoms with E-state index in [9.17, 15) is 4.79 Å². The first kappa shape index (κ1) is 9.10. The molecular formula is C6H12N2O2. The zero-order chi connectivity index (χ0) is 7.98. The van der Waals surface area contributed by atoms with Gasteiger partial charge in [0.15, 0.2) is 0 Å². The van der Waals surface area contributed by atoms with E-state index in [1.165, 1.54) is 6.34 Å². The lowest BCUT2D eigenvalue weighted by Gasteiger charge is -2.00. The summed E-state index contributed by atoms with van der Waals surface area (Å²) in [7, 11) is 3.55. The van der Waals surface area contributed by atoms with Gasteiger partial charge in [-0.15, -0.1) is 0 Å². The average molecular weight is 144 g/mol. The fourth-order valence-electron chi connectivity index (χ4n) is 0.340. The first-order valence-electron chi connectivity index (χ1n) is 3.01. The van der Waals surface area contributed by atoms with Crippen LogP contribution in [-0.2, 0) is 4.79 Å². The molecule has 0 fully saturated rings. The number of amides is 1. The summed E-state index contributed by atoms with van der Waals surface area (Å²) < 4.78 is 0. The molecule has 0 unspecified atom stereocenters. The van der Waals surface area contributed by atoms with Gasteiger partial charge in [-0.1, -0.05) is 0 Å². The Bertz CT molecular complexity index is 132. The Morgan fingerprint density at radius 2 is 2.30 bits per heavy atom. The minimum Gasteiger partial charge on any atom is -0.396 e. The van der Waals surface area contributed by atoms with Gasteiger partial charge in [-0.05, 0) is 0 Å². The van der Waals surface area contributed by atoms with Crippen molar-refractivity contribution in [3.63, 3.8) is 0 Å². The standard InChI is InChI=1S/C6H12N2O2/c1-8(2)5-7-6(10)3-4-9/h5,9H,3-4H2,1-2H3. The van der Waals surface area contributed by atoms with Gasteiger partial charge >= 0.3 is 0 Å². The van der Waals surface area contributed by atoms with Crippen molar-refractivity contribution in [3.8, 4) is 0 Å². The number of aliphatic imine (C=N–C) groups is 1. The van der Waals surface area contributed by atoms with Crippen LogP contribution in [0.4, 0.5) is 0 Å². The van der Waals surface area contributed by atoms with Gasteiger partial charge in [0.25, 0.3) is 0 Å². The summed E-state index contributed by atoms with van der Waals surface area (Å²) in [5, 5.41) is 8.29. The summed E-state index contributed by atoms with van der Waals surface area (Å²) in [6, 6.07) is 0. The van der Waals surface area contributed by atoms with Crippen molar-refractivity contribution < 1.29 is 9.90 Å². The molecule has 4 nitrogen and oxygen atoms in total. The zero-order valence-corrected chi connectivity index (χ0v) is 6.24. The van der Waals surface area contributed by atoms with Gasteiger partial charge < -0.3 is 10.0 Å². The topological polar surface area (TPSA) is 52.9 Å². The molecule has 0 aliphatic carbocycles. The lowest BCUT2D eigenvalue weighted by atomic mass is 10.4. The Morgan fingerprint density at radius 3 is 2.70 bits per heavy atom. The molecule has 0 spiro atoms. The summed E-state index contributed by atoms with van der Waals surface area (Å²) in [6.45, 7) is -0.135.